The molecular formula is C21H21N3O2. The van der Waals surface area contributed by atoms with Gasteiger partial charge in [0.05, 0.1) is 6.54 Å². The molecule has 3 aliphatic rings. The van der Waals surface area contributed by atoms with Gasteiger partial charge < -0.3 is 10.2 Å². The molecule has 0 aromatic heterocycles. The summed E-state index contributed by atoms with van der Waals surface area (Å²) in [6.45, 7) is 3.01. The zero-order valence-corrected chi connectivity index (χ0v) is 14.6. The van der Waals surface area contributed by atoms with Crippen molar-refractivity contribution in [1.82, 2.24) is 15.1 Å². The number of benzene rings is 2. The Hall–Kier alpha value is -2.66. The number of carbonyl (C=O) groups is 2. The molecule has 2 saturated heterocycles. The summed E-state index contributed by atoms with van der Waals surface area (Å²) in [7, 11) is 0. The molecule has 0 bridgehead atoms. The molecule has 1 N–H and O–H groups in total. The third-order valence-electron chi connectivity index (χ3n) is 5.77. The van der Waals surface area contributed by atoms with E-state index in [-0.39, 0.29) is 24.4 Å². The molecule has 5 nitrogen and oxygen atoms in total. The molecule has 2 aromatic rings. The van der Waals surface area contributed by atoms with E-state index in [1.54, 1.807) is 4.90 Å². The standard InChI is InChI=1S/C21H21N3O2/c25-20-11-22-21(26)19-13-23(7-8-24(19)20)12-14-5-6-18-16(9-14)10-15-3-1-2-4-17(15)18/h1-6,9,19H,7-8,10-13H2,(H,22,26)/t19-/m0/s1. The highest BCUT2D eigenvalue weighted by atomic mass is 16.2. The summed E-state index contributed by atoms with van der Waals surface area (Å²) >= 11 is 0. The zero-order chi connectivity index (χ0) is 17.7. The van der Waals surface area contributed by atoms with E-state index in [0.29, 0.717) is 13.1 Å². The monoisotopic (exact) mass is 347 g/mol. The molecule has 1 aliphatic carbocycles. The van der Waals surface area contributed by atoms with Crippen LogP contribution in [0.3, 0.4) is 0 Å². The number of hydrogen-bond donors (Lipinski definition) is 1. The van der Waals surface area contributed by atoms with Crippen molar-refractivity contribution >= 4 is 11.8 Å². The highest BCUT2D eigenvalue weighted by Gasteiger charge is 2.38. The van der Waals surface area contributed by atoms with Crippen LogP contribution in [0.25, 0.3) is 11.1 Å². The molecule has 132 valence electrons. The minimum absolute atomic E-state index is 0.0290. The van der Waals surface area contributed by atoms with E-state index >= 15 is 0 Å². The number of fused-ring (bicyclic) bond motifs is 4. The molecule has 2 amide bonds. The van der Waals surface area contributed by atoms with Crippen molar-refractivity contribution in [3.05, 3.63) is 59.2 Å². The van der Waals surface area contributed by atoms with Crippen LogP contribution >= 0.6 is 0 Å². The van der Waals surface area contributed by atoms with Gasteiger partial charge in [-0.1, -0.05) is 42.5 Å². The third kappa shape index (κ3) is 2.51. The Morgan fingerprint density at radius 2 is 1.85 bits per heavy atom. The molecule has 2 heterocycles. The van der Waals surface area contributed by atoms with E-state index in [0.717, 1.165) is 19.5 Å². The quantitative estimate of drug-likeness (QED) is 0.762. The Kier molecular flexibility index (Phi) is 3.57. The highest BCUT2D eigenvalue weighted by Crippen LogP contribution is 2.36. The summed E-state index contributed by atoms with van der Waals surface area (Å²) in [5, 5.41) is 2.70. The highest BCUT2D eigenvalue weighted by molar-refractivity contribution is 5.95. The number of piperazine rings is 2. The van der Waals surface area contributed by atoms with E-state index in [1.165, 1.54) is 27.8 Å². The van der Waals surface area contributed by atoms with Crippen LogP contribution < -0.4 is 5.32 Å². The normalized spacial score (nSPS) is 21.8. The lowest BCUT2D eigenvalue weighted by Gasteiger charge is -2.43. The van der Waals surface area contributed by atoms with Crippen molar-refractivity contribution in [1.29, 1.82) is 0 Å². The predicted octanol–water partition coefficient (Wildman–Crippen LogP) is 1.40. The van der Waals surface area contributed by atoms with Crippen molar-refractivity contribution in [3.63, 3.8) is 0 Å². The molecule has 0 saturated carbocycles. The van der Waals surface area contributed by atoms with E-state index in [2.05, 4.69) is 52.7 Å². The minimum atomic E-state index is -0.344. The van der Waals surface area contributed by atoms with E-state index < -0.39 is 0 Å². The van der Waals surface area contributed by atoms with Crippen LogP contribution in [0.5, 0.6) is 0 Å². The van der Waals surface area contributed by atoms with Crippen LogP contribution in [0.4, 0.5) is 0 Å². The van der Waals surface area contributed by atoms with Gasteiger partial charge in [-0.2, -0.15) is 0 Å². The summed E-state index contributed by atoms with van der Waals surface area (Å²) in [6, 6.07) is 15.0. The molecule has 0 spiro atoms. The van der Waals surface area contributed by atoms with Gasteiger partial charge in [-0.3, -0.25) is 14.5 Å². The first-order valence-electron chi connectivity index (χ1n) is 9.19. The first-order valence-corrected chi connectivity index (χ1v) is 9.19. The fourth-order valence-electron chi connectivity index (χ4n) is 4.44. The Morgan fingerprint density at radius 1 is 1.00 bits per heavy atom. The van der Waals surface area contributed by atoms with E-state index in [4.69, 9.17) is 0 Å². The second-order valence-electron chi connectivity index (χ2n) is 7.38. The largest absolute Gasteiger partial charge is 0.345 e. The van der Waals surface area contributed by atoms with Gasteiger partial charge >= 0.3 is 0 Å². The van der Waals surface area contributed by atoms with E-state index in [9.17, 15) is 9.59 Å². The Balaban J connectivity index is 1.33. The maximum Gasteiger partial charge on any atom is 0.244 e. The smallest absolute Gasteiger partial charge is 0.244 e. The van der Waals surface area contributed by atoms with Crippen molar-refractivity contribution in [2.45, 2.75) is 19.0 Å². The van der Waals surface area contributed by atoms with Gasteiger partial charge in [-0.15, -0.1) is 0 Å². The lowest BCUT2D eigenvalue weighted by atomic mass is 10.0. The number of nitrogens with one attached hydrogen (secondary N) is 1. The Labute approximate surface area is 152 Å². The van der Waals surface area contributed by atoms with Crippen LogP contribution in [-0.2, 0) is 22.6 Å². The first-order chi connectivity index (χ1) is 12.7. The fourth-order valence-corrected chi connectivity index (χ4v) is 4.44. The SMILES string of the molecule is O=C1NCC(=O)N2CCN(Cc3ccc4c(c3)Cc3ccccc3-4)C[C@@H]12. The van der Waals surface area contributed by atoms with Crippen LogP contribution in [0.15, 0.2) is 42.5 Å². The molecule has 1 atom stereocenters. The summed E-state index contributed by atoms with van der Waals surface area (Å²) < 4.78 is 0. The molecule has 0 radical (unpaired) electrons. The van der Waals surface area contributed by atoms with Crippen LogP contribution in [0.1, 0.15) is 16.7 Å². The molecule has 2 aliphatic heterocycles. The van der Waals surface area contributed by atoms with Crippen LogP contribution in [0, 0.1) is 0 Å². The van der Waals surface area contributed by atoms with Crippen molar-refractivity contribution in [2.75, 3.05) is 26.2 Å². The topological polar surface area (TPSA) is 52.7 Å². The molecule has 2 aromatic carbocycles. The third-order valence-corrected chi connectivity index (χ3v) is 5.77. The van der Waals surface area contributed by atoms with Gasteiger partial charge in [-0.05, 0) is 34.2 Å². The second-order valence-corrected chi connectivity index (χ2v) is 7.38. The zero-order valence-electron chi connectivity index (χ0n) is 14.6. The lowest BCUT2D eigenvalue weighted by Crippen LogP contribution is -2.65. The molecule has 0 unspecified atom stereocenters. The minimum Gasteiger partial charge on any atom is -0.345 e. The van der Waals surface area contributed by atoms with Gasteiger partial charge in [0, 0.05) is 26.2 Å². The van der Waals surface area contributed by atoms with Crippen molar-refractivity contribution in [2.24, 2.45) is 0 Å². The van der Waals surface area contributed by atoms with Crippen molar-refractivity contribution < 1.29 is 9.59 Å². The number of amides is 2. The molecule has 26 heavy (non-hydrogen) atoms. The summed E-state index contributed by atoms with van der Waals surface area (Å²) in [4.78, 5) is 28.1. The van der Waals surface area contributed by atoms with Crippen LogP contribution in [-0.4, -0.2) is 53.8 Å². The maximum atomic E-state index is 12.1. The average molecular weight is 347 g/mol. The Morgan fingerprint density at radius 3 is 2.77 bits per heavy atom. The number of rotatable bonds is 2. The van der Waals surface area contributed by atoms with E-state index in [1.807, 2.05) is 0 Å². The van der Waals surface area contributed by atoms with Gasteiger partial charge in [0.15, 0.2) is 0 Å². The van der Waals surface area contributed by atoms with Gasteiger partial charge in [-0.25, -0.2) is 0 Å². The lowest BCUT2D eigenvalue weighted by molar-refractivity contribution is -0.149. The first kappa shape index (κ1) is 15.6. The average Bonchev–Trinajstić information content (AvgIpc) is 3.02. The molecule has 5 heteroatoms. The van der Waals surface area contributed by atoms with Gasteiger partial charge in [0.1, 0.15) is 6.04 Å². The summed E-state index contributed by atoms with van der Waals surface area (Å²) in [5.41, 5.74) is 6.73. The second kappa shape index (κ2) is 5.95. The Bertz CT molecular complexity index is 908. The number of carbonyl (C=O) groups excluding carboxylic acids is 2. The van der Waals surface area contributed by atoms with Gasteiger partial charge in [0.25, 0.3) is 0 Å². The maximum absolute atomic E-state index is 12.1. The van der Waals surface area contributed by atoms with Crippen molar-refractivity contribution in [3.8, 4) is 11.1 Å². The van der Waals surface area contributed by atoms with Crippen LogP contribution in [0.2, 0.25) is 0 Å². The molecular weight excluding hydrogens is 326 g/mol. The van der Waals surface area contributed by atoms with Gasteiger partial charge in [0.2, 0.25) is 11.8 Å². The molecule has 5 rings (SSSR count). The summed E-state index contributed by atoms with van der Waals surface area (Å²) in [5.74, 6) is 0.00301. The number of hydrogen-bond acceptors (Lipinski definition) is 3. The molecule has 2 fully saturated rings. The number of nitrogens with zero attached hydrogens (tertiary/aromatic N) is 2. The summed E-state index contributed by atoms with van der Waals surface area (Å²) in [6.07, 6.45) is 0.993. The fraction of sp³-hybridized carbons (Fsp3) is 0.333. The predicted molar refractivity (Wildman–Crippen MR) is 98.5 cm³/mol.